The van der Waals surface area contributed by atoms with Crippen molar-refractivity contribution in [2.24, 2.45) is 5.10 Å². The van der Waals surface area contributed by atoms with Crippen LogP contribution in [-0.4, -0.2) is 12.1 Å². The Morgan fingerprint density at radius 2 is 2.14 bits per heavy atom. The molecule has 3 heteroatoms. The van der Waals surface area contributed by atoms with Crippen molar-refractivity contribution in [1.82, 2.24) is 5.43 Å². The summed E-state index contributed by atoms with van der Waals surface area (Å²) in [5, 5.41) is 3.66. The molecule has 0 aliphatic carbocycles. The predicted molar refractivity (Wildman–Crippen MR) is 57.1 cm³/mol. The molecule has 1 aromatic rings. The summed E-state index contributed by atoms with van der Waals surface area (Å²) in [4.78, 5) is 11.2. The number of hydrogen-bond donors (Lipinski definition) is 1. The van der Waals surface area contributed by atoms with Gasteiger partial charge in [0.15, 0.2) is 0 Å². The first kappa shape index (κ1) is 10.4. The molecule has 0 spiro atoms. The molecule has 0 atom stereocenters. The topological polar surface area (TPSA) is 41.5 Å². The van der Waals surface area contributed by atoms with Gasteiger partial charge in [0, 0.05) is 12.6 Å². The molecule has 3 nitrogen and oxygen atoms in total. The molecule has 0 unspecified atom stereocenters. The molecule has 74 valence electrons. The summed E-state index contributed by atoms with van der Waals surface area (Å²) in [6, 6.07) is 9.92. The van der Waals surface area contributed by atoms with Gasteiger partial charge in [-0.05, 0) is 18.9 Å². The van der Waals surface area contributed by atoms with E-state index in [1.807, 2.05) is 30.3 Å². The van der Waals surface area contributed by atoms with Crippen LogP contribution in [0.5, 0.6) is 0 Å². The van der Waals surface area contributed by atoms with Gasteiger partial charge < -0.3 is 0 Å². The van der Waals surface area contributed by atoms with E-state index in [-0.39, 0.29) is 5.91 Å². The highest BCUT2D eigenvalue weighted by molar-refractivity contribution is 5.76. The van der Waals surface area contributed by atoms with Gasteiger partial charge in [-0.3, -0.25) is 4.79 Å². The number of hydrazone groups is 1. The van der Waals surface area contributed by atoms with Crippen LogP contribution < -0.4 is 5.43 Å². The third-order valence-corrected chi connectivity index (χ3v) is 1.80. The zero-order valence-electron chi connectivity index (χ0n) is 8.23. The number of benzene rings is 1. The molecule has 0 saturated carbocycles. The van der Waals surface area contributed by atoms with Crippen molar-refractivity contribution in [3.8, 4) is 0 Å². The van der Waals surface area contributed by atoms with Crippen molar-refractivity contribution < 1.29 is 4.79 Å². The summed E-state index contributed by atoms with van der Waals surface area (Å²) in [7, 11) is 0. The molecular weight excluding hydrogens is 176 g/mol. The van der Waals surface area contributed by atoms with E-state index in [2.05, 4.69) is 10.5 Å². The molecule has 0 radical (unpaired) electrons. The second-order valence-electron chi connectivity index (χ2n) is 2.91. The van der Waals surface area contributed by atoms with E-state index in [0.29, 0.717) is 6.42 Å². The monoisotopic (exact) mass is 190 g/mol. The maximum absolute atomic E-state index is 11.2. The molecule has 0 heterocycles. The Morgan fingerprint density at radius 3 is 2.79 bits per heavy atom. The van der Waals surface area contributed by atoms with E-state index in [1.54, 1.807) is 13.1 Å². The highest BCUT2D eigenvalue weighted by Gasteiger charge is 1.99. The van der Waals surface area contributed by atoms with Gasteiger partial charge in [-0.2, -0.15) is 5.10 Å². The maximum atomic E-state index is 11.2. The van der Waals surface area contributed by atoms with E-state index < -0.39 is 0 Å². The first-order chi connectivity index (χ1) is 6.83. The Labute approximate surface area is 83.8 Å². The fourth-order valence-electron chi connectivity index (χ4n) is 1.09. The number of rotatable bonds is 4. The average molecular weight is 190 g/mol. The van der Waals surface area contributed by atoms with E-state index in [4.69, 9.17) is 0 Å². The first-order valence-corrected chi connectivity index (χ1v) is 4.63. The van der Waals surface area contributed by atoms with Gasteiger partial charge >= 0.3 is 0 Å². The van der Waals surface area contributed by atoms with Crippen LogP contribution in [0.4, 0.5) is 0 Å². The van der Waals surface area contributed by atoms with Gasteiger partial charge in [-0.1, -0.05) is 30.3 Å². The summed E-state index contributed by atoms with van der Waals surface area (Å²) in [5.74, 6) is -0.0491. The molecule has 1 amide bonds. The smallest absolute Gasteiger partial charge is 0.240 e. The van der Waals surface area contributed by atoms with Crippen LogP contribution in [0.3, 0.4) is 0 Å². The lowest BCUT2D eigenvalue weighted by atomic mass is 10.1. The number of nitrogens with one attached hydrogen (secondary N) is 1. The SMILES string of the molecule is CC=NNC(=O)CCc1ccccc1. The predicted octanol–water partition coefficient (Wildman–Crippen LogP) is 1.74. The largest absolute Gasteiger partial charge is 0.273 e. The van der Waals surface area contributed by atoms with E-state index in [0.717, 1.165) is 6.42 Å². The van der Waals surface area contributed by atoms with Crippen LogP contribution in [0.1, 0.15) is 18.9 Å². The number of carbonyl (C=O) groups excluding carboxylic acids is 1. The van der Waals surface area contributed by atoms with Crippen molar-refractivity contribution >= 4 is 12.1 Å². The molecule has 1 aromatic carbocycles. The normalized spacial score (nSPS) is 10.4. The van der Waals surface area contributed by atoms with E-state index >= 15 is 0 Å². The molecule has 1 N–H and O–H groups in total. The molecule has 0 fully saturated rings. The third-order valence-electron chi connectivity index (χ3n) is 1.80. The van der Waals surface area contributed by atoms with Gasteiger partial charge in [0.05, 0.1) is 0 Å². The van der Waals surface area contributed by atoms with Gasteiger partial charge in [-0.25, -0.2) is 5.43 Å². The summed E-state index contributed by atoms with van der Waals surface area (Å²) in [5.41, 5.74) is 3.60. The average Bonchev–Trinajstić information content (AvgIpc) is 2.25. The minimum absolute atomic E-state index is 0.0491. The second-order valence-corrected chi connectivity index (χ2v) is 2.91. The van der Waals surface area contributed by atoms with Gasteiger partial charge in [0.25, 0.3) is 0 Å². The quantitative estimate of drug-likeness (QED) is 0.570. The van der Waals surface area contributed by atoms with Crippen LogP contribution in [0.25, 0.3) is 0 Å². The zero-order chi connectivity index (χ0) is 10.2. The van der Waals surface area contributed by atoms with Crippen LogP contribution in [0.2, 0.25) is 0 Å². The lowest BCUT2D eigenvalue weighted by Gasteiger charge is -1.99. The van der Waals surface area contributed by atoms with Crippen LogP contribution in [0.15, 0.2) is 35.4 Å². The number of carbonyl (C=O) groups is 1. The van der Waals surface area contributed by atoms with Crippen molar-refractivity contribution in [3.63, 3.8) is 0 Å². The lowest BCUT2D eigenvalue weighted by Crippen LogP contribution is -2.17. The molecule has 0 bridgehead atoms. The Hall–Kier alpha value is -1.64. The fourth-order valence-corrected chi connectivity index (χ4v) is 1.09. The minimum Gasteiger partial charge on any atom is -0.273 e. The summed E-state index contributed by atoms with van der Waals surface area (Å²) < 4.78 is 0. The van der Waals surface area contributed by atoms with Gasteiger partial charge in [0.2, 0.25) is 5.91 Å². The molecule has 0 saturated heterocycles. The molecule has 0 aromatic heterocycles. The van der Waals surface area contributed by atoms with Gasteiger partial charge in [-0.15, -0.1) is 0 Å². The molecular formula is C11H14N2O. The van der Waals surface area contributed by atoms with Crippen LogP contribution in [0, 0.1) is 0 Å². The second kappa shape index (κ2) is 5.91. The summed E-state index contributed by atoms with van der Waals surface area (Å²) >= 11 is 0. The third kappa shape index (κ3) is 3.85. The van der Waals surface area contributed by atoms with E-state index in [1.165, 1.54) is 5.56 Å². The molecule has 1 rings (SSSR count). The fraction of sp³-hybridized carbons (Fsp3) is 0.273. The molecule has 0 aliphatic rings. The van der Waals surface area contributed by atoms with Crippen LogP contribution in [-0.2, 0) is 11.2 Å². The highest BCUT2D eigenvalue weighted by atomic mass is 16.2. The van der Waals surface area contributed by atoms with Crippen molar-refractivity contribution in [2.75, 3.05) is 0 Å². The van der Waals surface area contributed by atoms with Crippen LogP contribution >= 0.6 is 0 Å². The first-order valence-electron chi connectivity index (χ1n) is 4.63. The Morgan fingerprint density at radius 1 is 1.43 bits per heavy atom. The summed E-state index contributed by atoms with van der Waals surface area (Å²) in [6.45, 7) is 1.76. The number of nitrogens with zero attached hydrogens (tertiary/aromatic N) is 1. The molecule has 0 aliphatic heterocycles. The lowest BCUT2D eigenvalue weighted by molar-refractivity contribution is -0.121. The Balaban J connectivity index is 2.31. The van der Waals surface area contributed by atoms with Crippen molar-refractivity contribution in [2.45, 2.75) is 19.8 Å². The number of hydrogen-bond acceptors (Lipinski definition) is 2. The van der Waals surface area contributed by atoms with Crippen molar-refractivity contribution in [1.29, 1.82) is 0 Å². The standard InChI is InChI=1S/C11H14N2O/c1-2-12-13-11(14)9-8-10-6-4-3-5-7-10/h2-7H,8-9H2,1H3,(H,13,14). The Kier molecular flexibility index (Phi) is 4.41. The minimum atomic E-state index is -0.0491. The Bertz CT molecular complexity index is 306. The highest BCUT2D eigenvalue weighted by Crippen LogP contribution is 2.01. The van der Waals surface area contributed by atoms with E-state index in [9.17, 15) is 4.79 Å². The summed E-state index contributed by atoms with van der Waals surface area (Å²) in [6.07, 6.45) is 2.79. The maximum Gasteiger partial charge on any atom is 0.240 e. The van der Waals surface area contributed by atoms with Crippen molar-refractivity contribution in [3.05, 3.63) is 35.9 Å². The number of amides is 1. The van der Waals surface area contributed by atoms with Gasteiger partial charge in [0.1, 0.15) is 0 Å². The molecule has 14 heavy (non-hydrogen) atoms. The number of aryl methyl sites for hydroxylation is 1. The zero-order valence-corrected chi connectivity index (χ0v) is 8.23.